The molecule has 0 aliphatic carbocycles. The third-order valence-corrected chi connectivity index (χ3v) is 3.35. The molecule has 1 atom stereocenters. The van der Waals surface area contributed by atoms with Gasteiger partial charge in [0.25, 0.3) is 0 Å². The van der Waals surface area contributed by atoms with Crippen LogP contribution in [0.5, 0.6) is 0 Å². The molecular formula is C8H10N6OS. The first-order chi connectivity index (χ1) is 7.75. The van der Waals surface area contributed by atoms with Gasteiger partial charge in [-0.15, -0.1) is 11.8 Å². The molecule has 1 saturated heterocycles. The summed E-state index contributed by atoms with van der Waals surface area (Å²) in [5, 5.41) is 0. The molecule has 2 aromatic rings. The molecule has 3 rings (SSSR count). The van der Waals surface area contributed by atoms with Gasteiger partial charge in [-0.05, 0) is 0 Å². The molecular weight excluding hydrogens is 228 g/mol. The monoisotopic (exact) mass is 238 g/mol. The summed E-state index contributed by atoms with van der Waals surface area (Å²) >= 11 is 1.69. The van der Waals surface area contributed by atoms with Crippen molar-refractivity contribution in [1.82, 2.24) is 19.5 Å². The van der Waals surface area contributed by atoms with Crippen LogP contribution in [0.15, 0.2) is 6.33 Å². The third-order valence-electron chi connectivity index (χ3n) is 2.30. The lowest BCUT2D eigenvalue weighted by molar-refractivity contribution is 0.0993. The number of hydrogen-bond acceptors (Lipinski definition) is 7. The van der Waals surface area contributed by atoms with Gasteiger partial charge in [-0.1, -0.05) is 0 Å². The molecule has 4 N–H and O–H groups in total. The third kappa shape index (κ3) is 1.38. The van der Waals surface area contributed by atoms with Crippen molar-refractivity contribution in [2.75, 3.05) is 23.8 Å². The highest BCUT2D eigenvalue weighted by molar-refractivity contribution is 7.99. The van der Waals surface area contributed by atoms with E-state index in [4.69, 9.17) is 16.2 Å². The summed E-state index contributed by atoms with van der Waals surface area (Å²) in [5.41, 5.74) is 12.4. The van der Waals surface area contributed by atoms with E-state index in [2.05, 4.69) is 15.0 Å². The van der Waals surface area contributed by atoms with Gasteiger partial charge in [0, 0.05) is 5.75 Å². The molecule has 0 radical (unpaired) electrons. The second-order valence-electron chi connectivity index (χ2n) is 3.34. The number of anilines is 2. The molecule has 8 heteroatoms. The summed E-state index contributed by atoms with van der Waals surface area (Å²) in [6, 6.07) is 0. The number of nitrogens with zero attached hydrogens (tertiary/aromatic N) is 4. The zero-order valence-corrected chi connectivity index (χ0v) is 9.15. The molecule has 1 unspecified atom stereocenters. The summed E-state index contributed by atoms with van der Waals surface area (Å²) in [6.07, 6.45) is 1.65. The van der Waals surface area contributed by atoms with E-state index < -0.39 is 0 Å². The molecule has 7 nitrogen and oxygen atoms in total. The van der Waals surface area contributed by atoms with Crippen LogP contribution in [0.2, 0.25) is 0 Å². The lowest BCUT2D eigenvalue weighted by atomic mass is 10.5. The normalized spacial score (nSPS) is 20.6. The number of fused-ring (bicyclic) bond motifs is 1. The van der Waals surface area contributed by atoms with Crippen molar-refractivity contribution in [2.45, 2.75) is 5.56 Å². The number of nitrogen functional groups attached to an aromatic ring is 2. The molecule has 0 aromatic carbocycles. The van der Waals surface area contributed by atoms with Crippen molar-refractivity contribution in [3.8, 4) is 0 Å². The molecule has 0 bridgehead atoms. The molecule has 0 saturated carbocycles. The van der Waals surface area contributed by atoms with Crippen LogP contribution in [0.25, 0.3) is 11.2 Å². The highest BCUT2D eigenvalue weighted by Gasteiger charge is 2.21. The second-order valence-corrected chi connectivity index (χ2v) is 4.48. The predicted molar refractivity (Wildman–Crippen MR) is 61.6 cm³/mol. The maximum Gasteiger partial charge on any atom is 0.224 e. The van der Waals surface area contributed by atoms with Crippen LogP contribution in [0.1, 0.15) is 5.56 Å². The Morgan fingerprint density at radius 2 is 2.31 bits per heavy atom. The van der Waals surface area contributed by atoms with Crippen LogP contribution in [0.4, 0.5) is 11.8 Å². The lowest BCUT2D eigenvalue weighted by Crippen LogP contribution is -2.06. The summed E-state index contributed by atoms with van der Waals surface area (Å²) in [4.78, 5) is 12.2. The fourth-order valence-electron chi connectivity index (χ4n) is 1.62. The molecule has 1 aliphatic rings. The Labute approximate surface area is 95.2 Å². The minimum absolute atomic E-state index is 0.0984. The van der Waals surface area contributed by atoms with Gasteiger partial charge in [0.05, 0.1) is 6.61 Å². The molecule has 84 valence electrons. The maximum atomic E-state index is 5.71. The van der Waals surface area contributed by atoms with E-state index in [-0.39, 0.29) is 11.5 Å². The first kappa shape index (κ1) is 9.67. The van der Waals surface area contributed by atoms with Crippen LogP contribution in [-0.4, -0.2) is 31.9 Å². The van der Waals surface area contributed by atoms with Crippen LogP contribution in [-0.2, 0) is 4.74 Å². The van der Waals surface area contributed by atoms with E-state index in [0.29, 0.717) is 17.0 Å². The average molecular weight is 238 g/mol. The van der Waals surface area contributed by atoms with Crippen molar-refractivity contribution in [3.05, 3.63) is 6.33 Å². The van der Waals surface area contributed by atoms with E-state index in [1.165, 1.54) is 0 Å². The SMILES string of the molecule is Nc1nc(N)c2ncn(C3OCCS3)c2n1. The van der Waals surface area contributed by atoms with E-state index in [1.807, 2.05) is 4.57 Å². The number of imidazole rings is 1. The van der Waals surface area contributed by atoms with Crippen LogP contribution >= 0.6 is 11.8 Å². The first-order valence-electron chi connectivity index (χ1n) is 4.74. The highest BCUT2D eigenvalue weighted by atomic mass is 32.2. The maximum absolute atomic E-state index is 5.71. The summed E-state index contributed by atoms with van der Waals surface area (Å²) in [5.74, 6) is 1.40. The molecule has 0 amide bonds. The Balaban J connectivity index is 2.18. The Hall–Kier alpha value is -1.54. The number of ether oxygens (including phenoxy) is 1. The Bertz CT molecular complexity index is 535. The number of nitrogens with two attached hydrogens (primary N) is 2. The van der Waals surface area contributed by atoms with E-state index >= 15 is 0 Å². The van der Waals surface area contributed by atoms with Gasteiger partial charge < -0.3 is 16.2 Å². The zero-order chi connectivity index (χ0) is 11.1. The van der Waals surface area contributed by atoms with Gasteiger partial charge >= 0.3 is 0 Å². The molecule has 1 fully saturated rings. The Morgan fingerprint density at radius 3 is 3.06 bits per heavy atom. The zero-order valence-electron chi connectivity index (χ0n) is 8.33. The van der Waals surface area contributed by atoms with Crippen molar-refractivity contribution in [2.24, 2.45) is 0 Å². The van der Waals surface area contributed by atoms with E-state index in [0.717, 1.165) is 12.4 Å². The molecule has 0 spiro atoms. The van der Waals surface area contributed by atoms with Gasteiger partial charge in [0.1, 0.15) is 11.8 Å². The number of thioether (sulfide) groups is 1. The van der Waals surface area contributed by atoms with Crippen molar-refractivity contribution in [1.29, 1.82) is 0 Å². The van der Waals surface area contributed by atoms with Crippen LogP contribution in [0, 0.1) is 0 Å². The van der Waals surface area contributed by atoms with Crippen molar-refractivity contribution < 1.29 is 4.74 Å². The topological polar surface area (TPSA) is 105 Å². The van der Waals surface area contributed by atoms with Crippen LogP contribution < -0.4 is 11.5 Å². The fourth-order valence-corrected chi connectivity index (χ4v) is 2.52. The molecule has 1 aliphatic heterocycles. The number of hydrogen-bond donors (Lipinski definition) is 2. The first-order valence-corrected chi connectivity index (χ1v) is 5.79. The van der Waals surface area contributed by atoms with Gasteiger partial charge in [-0.2, -0.15) is 9.97 Å². The van der Waals surface area contributed by atoms with Crippen molar-refractivity contribution >= 4 is 34.7 Å². The molecule has 2 aromatic heterocycles. The largest absolute Gasteiger partial charge is 0.382 e. The quantitative estimate of drug-likeness (QED) is 0.731. The number of aromatic nitrogens is 4. The summed E-state index contributed by atoms with van der Waals surface area (Å²) < 4.78 is 7.35. The van der Waals surface area contributed by atoms with Crippen LogP contribution in [0.3, 0.4) is 0 Å². The summed E-state index contributed by atoms with van der Waals surface area (Å²) in [7, 11) is 0. The predicted octanol–water partition coefficient (Wildman–Crippen LogP) is 0.210. The van der Waals surface area contributed by atoms with Gasteiger partial charge in [0.15, 0.2) is 17.0 Å². The summed E-state index contributed by atoms with van der Waals surface area (Å²) in [6.45, 7) is 0.727. The lowest BCUT2D eigenvalue weighted by Gasteiger charge is -2.10. The Morgan fingerprint density at radius 1 is 1.44 bits per heavy atom. The van der Waals surface area contributed by atoms with Gasteiger partial charge in [-0.3, -0.25) is 4.57 Å². The Kier molecular flexibility index (Phi) is 2.11. The average Bonchev–Trinajstić information content (AvgIpc) is 2.83. The fraction of sp³-hybridized carbons (Fsp3) is 0.375. The van der Waals surface area contributed by atoms with E-state index in [9.17, 15) is 0 Å². The number of rotatable bonds is 1. The standard InChI is InChI=1S/C8H10N6OS/c9-5-4-6(13-7(10)12-5)14(3-11-4)8-15-1-2-16-8/h3,8H,1-2H2,(H4,9,10,12,13). The van der Waals surface area contributed by atoms with E-state index in [1.54, 1.807) is 18.1 Å². The minimum atomic E-state index is -0.0984. The van der Waals surface area contributed by atoms with Gasteiger partial charge in [0.2, 0.25) is 5.95 Å². The second kappa shape index (κ2) is 3.49. The molecule has 3 heterocycles. The highest BCUT2D eigenvalue weighted by Crippen LogP contribution is 2.32. The smallest absolute Gasteiger partial charge is 0.224 e. The van der Waals surface area contributed by atoms with Crippen molar-refractivity contribution in [3.63, 3.8) is 0 Å². The molecule has 16 heavy (non-hydrogen) atoms. The minimum Gasteiger partial charge on any atom is -0.382 e. The van der Waals surface area contributed by atoms with Gasteiger partial charge in [-0.25, -0.2) is 4.98 Å².